The van der Waals surface area contributed by atoms with Crippen molar-refractivity contribution >= 4 is 23.3 Å². The van der Waals surface area contributed by atoms with Crippen LogP contribution >= 0.6 is 11.6 Å². The topological polar surface area (TPSA) is 89.0 Å². The van der Waals surface area contributed by atoms with Crippen LogP contribution in [-0.2, 0) is 6.42 Å². The number of nitrogens with two attached hydrogens (primary N) is 1. The molecular weight excluding hydrogens is 364 g/mol. The Bertz CT molecular complexity index is 678. The minimum Gasteiger partial charge on any atom is -0.872 e. The van der Waals surface area contributed by atoms with Crippen molar-refractivity contribution in [3.63, 3.8) is 0 Å². The third-order valence-corrected chi connectivity index (χ3v) is 4.28. The summed E-state index contributed by atoms with van der Waals surface area (Å²) in [5.74, 6) is -1.72. The number of alkyl halides is 1. The Morgan fingerprint density at radius 1 is 1.19 bits per heavy atom. The first-order valence-electron chi connectivity index (χ1n) is 9.25. The van der Waals surface area contributed by atoms with Crippen LogP contribution in [0.15, 0.2) is 48.5 Å². The predicted octanol–water partition coefficient (Wildman–Crippen LogP) is 2.70. The van der Waals surface area contributed by atoms with E-state index in [9.17, 15) is 9.90 Å². The molecule has 0 aromatic heterocycles. The van der Waals surface area contributed by atoms with Gasteiger partial charge in [-0.2, -0.15) is 0 Å². The van der Waals surface area contributed by atoms with E-state index in [-0.39, 0.29) is 10.9 Å². The molecule has 4 N–H and O–H groups in total. The Morgan fingerprint density at radius 2 is 1.85 bits per heavy atom. The summed E-state index contributed by atoms with van der Waals surface area (Å²) < 4.78 is 0. The van der Waals surface area contributed by atoms with E-state index in [0.29, 0.717) is 12.2 Å². The largest absolute Gasteiger partial charge is 0.872 e. The first-order valence-corrected chi connectivity index (χ1v) is 9.69. The zero-order chi connectivity index (χ0) is 20.1. The van der Waals surface area contributed by atoms with Gasteiger partial charge in [0, 0.05) is 12.2 Å². The summed E-state index contributed by atoms with van der Waals surface area (Å²) in [6.07, 6.45) is 1.69. The van der Waals surface area contributed by atoms with Crippen molar-refractivity contribution in [1.29, 1.82) is 0 Å². The number of quaternary nitrogens is 1. The van der Waals surface area contributed by atoms with Gasteiger partial charge < -0.3 is 20.8 Å². The van der Waals surface area contributed by atoms with Crippen molar-refractivity contribution in [2.75, 3.05) is 25.0 Å². The number of nitrogens with one attached hydrogen (secondary N) is 1. The van der Waals surface area contributed by atoms with Crippen LogP contribution < -0.4 is 15.7 Å². The van der Waals surface area contributed by atoms with E-state index in [1.54, 1.807) is 6.07 Å². The fourth-order valence-corrected chi connectivity index (χ4v) is 2.58. The van der Waals surface area contributed by atoms with Crippen molar-refractivity contribution in [1.82, 2.24) is 0 Å². The highest BCUT2D eigenvalue weighted by Gasteiger charge is 2.08. The van der Waals surface area contributed by atoms with Crippen LogP contribution in [-0.4, -0.2) is 36.1 Å². The summed E-state index contributed by atoms with van der Waals surface area (Å²) in [5, 5.41) is 25.5. The average molecular weight is 393 g/mol. The first-order chi connectivity index (χ1) is 13.0. The smallest absolute Gasteiger partial charge is 0.335 e. The standard InChI is InChI=1S/C17H18ClNO3.C4H11N/c18-13(7-6-12-4-2-1-3-5-12)11-19-14-8-9-16(20)15(10-14)17(21)22;1-3-5-4-2/h1-5,8-10,13,19-20H,6-7,11H2,(H,21,22);5H,3-4H2,1-2H3. The molecule has 0 bridgehead atoms. The van der Waals surface area contributed by atoms with Crippen molar-refractivity contribution < 1.29 is 20.3 Å². The van der Waals surface area contributed by atoms with E-state index >= 15 is 0 Å². The molecule has 2 rings (SSSR count). The second-order valence-corrected chi connectivity index (χ2v) is 6.74. The highest BCUT2D eigenvalue weighted by Crippen LogP contribution is 2.19. The normalized spacial score (nSPS) is 11.2. The molecule has 0 radical (unpaired) electrons. The number of aromatic carboxylic acids is 1. The number of anilines is 1. The summed E-state index contributed by atoms with van der Waals surface area (Å²) in [4.78, 5) is 10.9. The molecule has 6 heteroatoms. The lowest BCUT2D eigenvalue weighted by atomic mass is 10.1. The third-order valence-electron chi connectivity index (χ3n) is 3.90. The van der Waals surface area contributed by atoms with E-state index in [1.807, 2.05) is 18.2 Å². The van der Waals surface area contributed by atoms with Crippen molar-refractivity contribution in [2.45, 2.75) is 32.1 Å². The van der Waals surface area contributed by atoms with E-state index in [1.165, 1.54) is 30.8 Å². The highest BCUT2D eigenvalue weighted by atomic mass is 35.5. The van der Waals surface area contributed by atoms with Crippen LogP contribution in [0, 0.1) is 0 Å². The van der Waals surface area contributed by atoms with Crippen LogP contribution in [0.1, 0.15) is 36.2 Å². The summed E-state index contributed by atoms with van der Waals surface area (Å²) in [6.45, 7) is 7.26. The Labute approximate surface area is 166 Å². The maximum atomic E-state index is 11.4. The van der Waals surface area contributed by atoms with Gasteiger partial charge in [0.1, 0.15) is 0 Å². The molecule has 1 unspecified atom stereocenters. The Hall–Kier alpha value is -2.24. The van der Waals surface area contributed by atoms with Crippen LogP contribution in [0.4, 0.5) is 5.69 Å². The first kappa shape index (κ1) is 22.8. The van der Waals surface area contributed by atoms with Gasteiger partial charge in [-0.25, -0.2) is 4.79 Å². The van der Waals surface area contributed by atoms with E-state index < -0.39 is 11.7 Å². The number of benzene rings is 2. The molecule has 27 heavy (non-hydrogen) atoms. The van der Waals surface area contributed by atoms with Crippen molar-refractivity contribution in [2.24, 2.45) is 0 Å². The van der Waals surface area contributed by atoms with E-state index in [2.05, 4.69) is 36.6 Å². The summed E-state index contributed by atoms with van der Waals surface area (Å²) >= 11 is 6.27. The molecule has 0 aliphatic carbocycles. The fraction of sp³-hybridized carbons (Fsp3) is 0.381. The average Bonchev–Trinajstić information content (AvgIpc) is 2.67. The molecule has 0 fully saturated rings. The quantitative estimate of drug-likeness (QED) is 0.572. The molecule has 2 aromatic carbocycles. The zero-order valence-corrected chi connectivity index (χ0v) is 16.7. The number of rotatable bonds is 9. The summed E-state index contributed by atoms with van der Waals surface area (Å²) in [6, 6.07) is 14.2. The number of hydrogen-bond donors (Lipinski definition) is 3. The Balaban J connectivity index is 0.000000646. The molecule has 0 amide bonds. The second-order valence-electron chi connectivity index (χ2n) is 6.12. The highest BCUT2D eigenvalue weighted by molar-refractivity contribution is 6.20. The van der Waals surface area contributed by atoms with Crippen molar-refractivity contribution in [3.8, 4) is 5.75 Å². The fourth-order valence-electron chi connectivity index (χ4n) is 2.39. The number of halogens is 1. The number of carboxylic acid groups (broad SMARTS) is 1. The molecule has 0 aliphatic heterocycles. The van der Waals surface area contributed by atoms with E-state index in [0.717, 1.165) is 12.8 Å². The molecule has 5 nitrogen and oxygen atoms in total. The molecule has 0 saturated heterocycles. The van der Waals surface area contributed by atoms with Gasteiger partial charge in [-0.3, -0.25) is 0 Å². The van der Waals surface area contributed by atoms with Crippen LogP contribution in [0.3, 0.4) is 0 Å². The van der Waals surface area contributed by atoms with Crippen LogP contribution in [0.5, 0.6) is 5.75 Å². The molecule has 148 valence electrons. The molecule has 0 saturated carbocycles. The van der Waals surface area contributed by atoms with Gasteiger partial charge in [0.05, 0.1) is 24.0 Å². The number of carboxylic acids is 1. The number of carbonyl (C=O) groups is 1. The number of hydrogen-bond acceptors (Lipinski definition) is 3. The molecular formula is C21H29ClN2O3. The van der Waals surface area contributed by atoms with Gasteiger partial charge >= 0.3 is 5.97 Å². The van der Waals surface area contributed by atoms with Gasteiger partial charge in [0.25, 0.3) is 0 Å². The van der Waals surface area contributed by atoms with Crippen LogP contribution in [0.2, 0.25) is 0 Å². The maximum Gasteiger partial charge on any atom is 0.335 e. The maximum absolute atomic E-state index is 11.4. The minimum atomic E-state index is -1.22. The predicted molar refractivity (Wildman–Crippen MR) is 109 cm³/mol. The van der Waals surface area contributed by atoms with Crippen LogP contribution in [0.25, 0.3) is 0 Å². The molecule has 2 aromatic rings. The molecule has 1 atom stereocenters. The van der Waals surface area contributed by atoms with Crippen molar-refractivity contribution in [3.05, 3.63) is 59.7 Å². The van der Waals surface area contributed by atoms with E-state index in [4.69, 9.17) is 16.7 Å². The lowest BCUT2D eigenvalue weighted by Crippen LogP contribution is -2.82. The van der Waals surface area contributed by atoms with Gasteiger partial charge in [-0.1, -0.05) is 42.1 Å². The molecule has 0 spiro atoms. The molecule has 0 aliphatic rings. The zero-order valence-electron chi connectivity index (χ0n) is 16.0. The second kappa shape index (κ2) is 13.0. The monoisotopic (exact) mass is 392 g/mol. The Kier molecular flexibility index (Phi) is 11.0. The summed E-state index contributed by atoms with van der Waals surface area (Å²) in [5.41, 5.74) is 1.58. The van der Waals surface area contributed by atoms with Gasteiger partial charge in [-0.05, 0) is 44.4 Å². The lowest BCUT2D eigenvalue weighted by Gasteiger charge is -2.15. The summed E-state index contributed by atoms with van der Waals surface area (Å²) in [7, 11) is 0. The van der Waals surface area contributed by atoms with Gasteiger partial charge in [0.2, 0.25) is 0 Å². The van der Waals surface area contributed by atoms with Gasteiger partial charge in [-0.15, -0.1) is 11.6 Å². The number of aryl methyl sites for hydroxylation is 1. The molecule has 0 heterocycles. The lowest BCUT2D eigenvalue weighted by molar-refractivity contribution is -0.648. The Morgan fingerprint density at radius 3 is 2.41 bits per heavy atom. The third kappa shape index (κ3) is 9.31. The van der Waals surface area contributed by atoms with Gasteiger partial charge in [0.15, 0.2) is 0 Å². The minimum absolute atomic E-state index is 0.0830. The SMILES string of the molecule is CC[NH2+]CC.O=C(O)c1cc(NCC(Cl)CCc2ccccc2)ccc1[O-].